The maximum absolute atomic E-state index is 10.7. The summed E-state index contributed by atoms with van der Waals surface area (Å²) in [6.45, 7) is 1.16. The molecule has 0 radical (unpaired) electrons. The summed E-state index contributed by atoms with van der Waals surface area (Å²) >= 11 is 5.18. The second-order valence-corrected chi connectivity index (χ2v) is 7.43. The van der Waals surface area contributed by atoms with E-state index in [0.29, 0.717) is 31.0 Å². The number of hydrogen-bond donors (Lipinski definition) is 4. The smallest absolute Gasteiger partial charge is 0.325 e. The zero-order valence-electron chi connectivity index (χ0n) is 12.6. The number of pyridine rings is 1. The number of nitrogens with one attached hydrogen (secondary N) is 2. The number of nitrogens with zero attached hydrogens (tertiary/aromatic N) is 1. The number of aromatic nitrogens is 1. The SMILES string of the molecule is O=P(O)(O)CCCCNC(=S)NCc1cnc2ccccc2c1. The molecule has 0 bridgehead atoms. The first-order chi connectivity index (χ1) is 10.9. The molecule has 4 N–H and O–H groups in total. The largest absolute Gasteiger partial charge is 0.363 e. The molecule has 0 aliphatic heterocycles. The number of unbranched alkanes of at least 4 members (excludes halogenated alkanes) is 1. The zero-order valence-corrected chi connectivity index (χ0v) is 14.3. The Bertz CT molecular complexity index is 720. The summed E-state index contributed by atoms with van der Waals surface area (Å²) < 4.78 is 10.7. The van der Waals surface area contributed by atoms with Gasteiger partial charge in [-0.25, -0.2) is 0 Å². The summed E-state index contributed by atoms with van der Waals surface area (Å²) in [4.78, 5) is 21.9. The molecule has 0 saturated carbocycles. The molecule has 0 amide bonds. The molecule has 1 aromatic carbocycles. The fourth-order valence-electron chi connectivity index (χ4n) is 2.10. The molecule has 0 aliphatic carbocycles. The summed E-state index contributed by atoms with van der Waals surface area (Å²) in [7, 11) is -3.89. The third-order valence-electron chi connectivity index (χ3n) is 3.26. The maximum Gasteiger partial charge on any atom is 0.325 e. The van der Waals surface area contributed by atoms with Crippen LogP contribution in [0.25, 0.3) is 10.9 Å². The first kappa shape index (κ1) is 17.8. The summed E-state index contributed by atoms with van der Waals surface area (Å²) in [5, 5.41) is 7.73. The lowest BCUT2D eigenvalue weighted by Crippen LogP contribution is -2.35. The van der Waals surface area contributed by atoms with Gasteiger partial charge in [0.15, 0.2) is 5.11 Å². The van der Waals surface area contributed by atoms with Gasteiger partial charge in [-0.05, 0) is 42.8 Å². The van der Waals surface area contributed by atoms with Crippen molar-refractivity contribution in [2.75, 3.05) is 12.7 Å². The highest BCUT2D eigenvalue weighted by atomic mass is 32.1. The first-order valence-electron chi connectivity index (χ1n) is 7.34. The number of rotatable bonds is 7. The summed E-state index contributed by atoms with van der Waals surface area (Å²) in [6, 6.07) is 9.99. The van der Waals surface area contributed by atoms with E-state index in [4.69, 9.17) is 22.0 Å². The van der Waals surface area contributed by atoms with Crippen LogP contribution in [-0.4, -0.2) is 32.6 Å². The Morgan fingerprint density at radius 2 is 2.00 bits per heavy atom. The second-order valence-electron chi connectivity index (χ2n) is 5.24. The number of hydrogen-bond acceptors (Lipinski definition) is 3. The summed E-state index contributed by atoms with van der Waals surface area (Å²) in [6.07, 6.45) is 2.86. The van der Waals surface area contributed by atoms with E-state index in [1.165, 1.54) is 0 Å². The van der Waals surface area contributed by atoms with Crippen molar-refractivity contribution in [1.29, 1.82) is 0 Å². The minimum Gasteiger partial charge on any atom is -0.363 e. The van der Waals surface area contributed by atoms with Crippen molar-refractivity contribution >= 4 is 35.8 Å². The molecule has 8 heteroatoms. The number of thiocarbonyl (C=S) groups is 1. The second kappa shape index (κ2) is 8.36. The molecule has 23 heavy (non-hydrogen) atoms. The molecule has 0 aliphatic rings. The molecule has 0 unspecified atom stereocenters. The van der Waals surface area contributed by atoms with Gasteiger partial charge >= 0.3 is 7.60 Å². The van der Waals surface area contributed by atoms with E-state index >= 15 is 0 Å². The molecule has 2 rings (SSSR count). The van der Waals surface area contributed by atoms with Crippen LogP contribution in [0, 0.1) is 0 Å². The van der Waals surface area contributed by atoms with Gasteiger partial charge in [-0.1, -0.05) is 18.2 Å². The fraction of sp³-hybridized carbons (Fsp3) is 0.333. The number of para-hydroxylation sites is 1. The van der Waals surface area contributed by atoms with E-state index in [9.17, 15) is 4.57 Å². The molecule has 0 atom stereocenters. The highest BCUT2D eigenvalue weighted by Gasteiger charge is 2.11. The van der Waals surface area contributed by atoms with E-state index in [-0.39, 0.29) is 6.16 Å². The van der Waals surface area contributed by atoms with Crippen LogP contribution < -0.4 is 10.6 Å². The van der Waals surface area contributed by atoms with Crippen LogP contribution in [0.1, 0.15) is 18.4 Å². The van der Waals surface area contributed by atoms with Gasteiger partial charge in [0.25, 0.3) is 0 Å². The highest BCUT2D eigenvalue weighted by molar-refractivity contribution is 7.80. The van der Waals surface area contributed by atoms with Crippen LogP contribution in [0.5, 0.6) is 0 Å². The van der Waals surface area contributed by atoms with E-state index in [1.54, 1.807) is 0 Å². The fourth-order valence-corrected chi connectivity index (χ4v) is 2.91. The Morgan fingerprint density at radius 3 is 2.78 bits per heavy atom. The van der Waals surface area contributed by atoms with Gasteiger partial charge in [-0.15, -0.1) is 0 Å². The Balaban J connectivity index is 1.70. The van der Waals surface area contributed by atoms with Crippen molar-refractivity contribution in [3.63, 3.8) is 0 Å². The molecule has 6 nitrogen and oxygen atoms in total. The van der Waals surface area contributed by atoms with Gasteiger partial charge in [0, 0.05) is 30.8 Å². The standard InChI is InChI=1S/C15H20N3O3PS/c19-22(20,21)8-4-3-7-16-15(23)18-11-12-9-13-5-1-2-6-14(13)17-10-12/h1-2,5-6,9-10H,3-4,7-8,11H2,(H2,16,18,23)(H2,19,20,21). The van der Waals surface area contributed by atoms with Crippen molar-refractivity contribution in [2.24, 2.45) is 0 Å². The predicted molar refractivity (Wildman–Crippen MR) is 95.3 cm³/mol. The van der Waals surface area contributed by atoms with Crippen LogP contribution >= 0.6 is 19.8 Å². The Labute approximate surface area is 140 Å². The molecule has 0 spiro atoms. The average molecular weight is 353 g/mol. The maximum atomic E-state index is 10.7. The highest BCUT2D eigenvalue weighted by Crippen LogP contribution is 2.35. The normalized spacial score (nSPS) is 11.4. The average Bonchev–Trinajstić information content (AvgIpc) is 2.51. The molecule has 0 saturated heterocycles. The van der Waals surface area contributed by atoms with E-state index in [1.807, 2.05) is 30.5 Å². The quantitative estimate of drug-likeness (QED) is 0.344. The molecule has 0 fully saturated rings. The Morgan fingerprint density at radius 1 is 1.22 bits per heavy atom. The molecule has 2 aromatic rings. The minimum atomic E-state index is -3.89. The Kier molecular flexibility index (Phi) is 6.47. The zero-order chi connectivity index (χ0) is 16.7. The molecular formula is C15H20N3O3PS. The van der Waals surface area contributed by atoms with Gasteiger partial charge in [0.1, 0.15) is 0 Å². The summed E-state index contributed by atoms with van der Waals surface area (Å²) in [5.41, 5.74) is 2.00. The summed E-state index contributed by atoms with van der Waals surface area (Å²) in [5.74, 6) is 0. The predicted octanol–water partition coefficient (Wildman–Crippen LogP) is 2.16. The third kappa shape index (κ3) is 6.62. The van der Waals surface area contributed by atoms with Crippen molar-refractivity contribution in [3.8, 4) is 0 Å². The van der Waals surface area contributed by atoms with E-state index in [0.717, 1.165) is 16.5 Å². The van der Waals surface area contributed by atoms with Gasteiger partial charge in [0.05, 0.1) is 5.52 Å². The minimum absolute atomic E-state index is 0.0857. The van der Waals surface area contributed by atoms with Crippen LogP contribution in [0.4, 0.5) is 0 Å². The lowest BCUT2D eigenvalue weighted by molar-refractivity contribution is 0.371. The van der Waals surface area contributed by atoms with Crippen molar-refractivity contribution in [2.45, 2.75) is 19.4 Å². The van der Waals surface area contributed by atoms with Gasteiger partial charge in [-0.3, -0.25) is 9.55 Å². The first-order valence-corrected chi connectivity index (χ1v) is 9.54. The molecular weight excluding hydrogens is 333 g/mol. The molecule has 1 aromatic heterocycles. The van der Waals surface area contributed by atoms with Crippen molar-refractivity contribution in [3.05, 3.63) is 42.1 Å². The van der Waals surface area contributed by atoms with Crippen molar-refractivity contribution in [1.82, 2.24) is 15.6 Å². The van der Waals surface area contributed by atoms with Crippen LogP contribution in [0.2, 0.25) is 0 Å². The van der Waals surface area contributed by atoms with E-state index < -0.39 is 7.60 Å². The lowest BCUT2D eigenvalue weighted by Gasteiger charge is -2.11. The van der Waals surface area contributed by atoms with Gasteiger partial charge < -0.3 is 20.4 Å². The van der Waals surface area contributed by atoms with Crippen LogP contribution in [-0.2, 0) is 11.1 Å². The van der Waals surface area contributed by atoms with Crippen LogP contribution in [0.3, 0.4) is 0 Å². The molecule has 124 valence electrons. The van der Waals surface area contributed by atoms with Crippen LogP contribution in [0.15, 0.2) is 36.5 Å². The van der Waals surface area contributed by atoms with Gasteiger partial charge in [0.2, 0.25) is 0 Å². The topological polar surface area (TPSA) is 94.5 Å². The van der Waals surface area contributed by atoms with Gasteiger partial charge in [-0.2, -0.15) is 0 Å². The van der Waals surface area contributed by atoms with E-state index in [2.05, 4.69) is 21.7 Å². The number of fused-ring (bicyclic) bond motifs is 1. The number of benzene rings is 1. The Hall–Kier alpha value is -1.53. The van der Waals surface area contributed by atoms with Crippen molar-refractivity contribution < 1.29 is 14.4 Å². The third-order valence-corrected chi connectivity index (χ3v) is 4.45. The monoisotopic (exact) mass is 353 g/mol. The lowest BCUT2D eigenvalue weighted by atomic mass is 10.1. The molecule has 1 heterocycles.